The number of aromatic nitrogens is 1. The van der Waals surface area contributed by atoms with E-state index in [1.165, 1.54) is 47.2 Å². The molecule has 1 heterocycles. The van der Waals surface area contributed by atoms with Crippen LogP contribution in [-0.2, 0) is 31.3 Å². The van der Waals surface area contributed by atoms with Crippen molar-refractivity contribution in [3.63, 3.8) is 0 Å². The number of rotatable bonds is 4. The molecule has 34 heavy (non-hydrogen) atoms. The number of aliphatic hydroxyl groups is 1. The molecule has 179 valence electrons. The Morgan fingerprint density at radius 2 is 1.74 bits per heavy atom. The Hall–Kier alpha value is -2.81. The first-order valence-corrected chi connectivity index (χ1v) is 11.3. The maximum absolute atomic E-state index is 10.0. The van der Waals surface area contributed by atoms with Gasteiger partial charge in [0.25, 0.3) is 0 Å². The van der Waals surface area contributed by atoms with Crippen molar-refractivity contribution >= 4 is 27.5 Å². The third-order valence-electron chi connectivity index (χ3n) is 5.29. The smallest absolute Gasteiger partial charge is 0.155 e. The van der Waals surface area contributed by atoms with Gasteiger partial charge in [0.1, 0.15) is 0 Å². The number of nitrogens with zero attached hydrogens (tertiary/aromatic N) is 1. The molecule has 0 atom stereocenters. The number of allylic oxidation sites excluding steroid dienone is 2. The van der Waals surface area contributed by atoms with E-state index in [1.807, 2.05) is 0 Å². The number of pyridine rings is 1. The standard InChI is InChI=1S/C25H24N.C5H8O2.Ir/c1-16(2)12-19-6-5-7-24-22(19)10-11-25(26-24)23-15-18(4)14-20-13-17(3)8-9-21(20)23;1-4(6)3-5(2)7;/h5-11,13-14,16H,12H2,1-4H3;3,6H,1-2H3;/q-1;;/b;4-3-;. The molecular formula is C30H32IrNO2-. The molecule has 0 saturated carbocycles. The van der Waals surface area contributed by atoms with Crippen LogP contribution in [0.25, 0.3) is 32.9 Å². The van der Waals surface area contributed by atoms with E-state index in [0.717, 1.165) is 28.8 Å². The quantitative estimate of drug-likeness (QED) is 0.143. The summed E-state index contributed by atoms with van der Waals surface area (Å²) in [6.45, 7) is 11.6. The molecule has 4 aromatic rings. The van der Waals surface area contributed by atoms with Crippen LogP contribution in [0.1, 0.15) is 44.4 Å². The molecular weight excluding hydrogens is 599 g/mol. The van der Waals surface area contributed by atoms with Crippen molar-refractivity contribution in [1.29, 1.82) is 0 Å². The Bertz CT molecular complexity index is 1330. The van der Waals surface area contributed by atoms with Crippen molar-refractivity contribution in [2.24, 2.45) is 5.92 Å². The van der Waals surface area contributed by atoms with Crippen LogP contribution in [0.4, 0.5) is 0 Å². The first kappa shape index (κ1) is 27.4. The fourth-order valence-corrected chi connectivity index (χ4v) is 4.04. The van der Waals surface area contributed by atoms with Crippen molar-refractivity contribution in [2.75, 3.05) is 0 Å². The largest absolute Gasteiger partial charge is 0.512 e. The van der Waals surface area contributed by atoms with E-state index in [9.17, 15) is 4.79 Å². The Morgan fingerprint density at radius 1 is 1.03 bits per heavy atom. The van der Waals surface area contributed by atoms with E-state index in [4.69, 9.17) is 10.1 Å². The monoisotopic (exact) mass is 631 g/mol. The number of carbonyl (C=O) groups excluding carboxylic acids is 1. The van der Waals surface area contributed by atoms with Gasteiger partial charge in [-0.3, -0.25) is 9.78 Å². The Balaban J connectivity index is 0.000000449. The van der Waals surface area contributed by atoms with E-state index < -0.39 is 0 Å². The van der Waals surface area contributed by atoms with Crippen LogP contribution in [0.3, 0.4) is 0 Å². The molecule has 3 nitrogen and oxygen atoms in total. The number of fused-ring (bicyclic) bond motifs is 2. The maximum atomic E-state index is 10.0. The summed E-state index contributed by atoms with van der Waals surface area (Å²) in [4.78, 5) is 15.0. The fraction of sp³-hybridized carbons (Fsp3) is 0.267. The van der Waals surface area contributed by atoms with Gasteiger partial charge in [0.2, 0.25) is 0 Å². The van der Waals surface area contributed by atoms with Crippen LogP contribution < -0.4 is 0 Å². The average Bonchev–Trinajstić information content (AvgIpc) is 2.71. The Kier molecular flexibility index (Phi) is 9.73. The molecule has 0 aliphatic rings. The summed E-state index contributed by atoms with van der Waals surface area (Å²) in [5.74, 6) is 0.574. The summed E-state index contributed by atoms with van der Waals surface area (Å²) < 4.78 is 0. The van der Waals surface area contributed by atoms with Crippen LogP contribution >= 0.6 is 0 Å². The van der Waals surface area contributed by atoms with Crippen LogP contribution in [0.5, 0.6) is 0 Å². The number of hydrogen-bond acceptors (Lipinski definition) is 3. The van der Waals surface area contributed by atoms with Gasteiger partial charge >= 0.3 is 0 Å². The SMILES string of the molecule is CC(=O)/C=C(/C)O.Cc1[c-]c(-c2ccc3c(CC(C)C)cccc3n2)c2ccc(C)cc2c1.[Ir]. The molecule has 0 spiro atoms. The molecule has 4 heteroatoms. The van der Waals surface area contributed by atoms with Crippen LogP contribution in [0.2, 0.25) is 0 Å². The number of carbonyl (C=O) groups is 1. The molecule has 0 aliphatic carbocycles. The molecule has 1 aromatic heterocycles. The summed E-state index contributed by atoms with van der Waals surface area (Å²) in [7, 11) is 0. The van der Waals surface area contributed by atoms with Crippen LogP contribution in [-0.4, -0.2) is 15.9 Å². The number of aryl methyl sites for hydroxylation is 2. The maximum Gasteiger partial charge on any atom is 0.155 e. The minimum atomic E-state index is -0.125. The molecule has 1 radical (unpaired) electrons. The molecule has 0 amide bonds. The van der Waals surface area contributed by atoms with Crippen LogP contribution in [0, 0.1) is 25.8 Å². The molecule has 3 aromatic carbocycles. The number of benzene rings is 3. The molecule has 0 aliphatic heterocycles. The second-order valence-corrected chi connectivity index (χ2v) is 9.09. The van der Waals surface area contributed by atoms with Gasteiger partial charge in [-0.25, -0.2) is 0 Å². The van der Waals surface area contributed by atoms with Crippen LogP contribution in [0.15, 0.2) is 66.4 Å². The summed E-state index contributed by atoms with van der Waals surface area (Å²) in [6, 6.07) is 23.2. The Morgan fingerprint density at radius 3 is 2.35 bits per heavy atom. The van der Waals surface area contributed by atoms with E-state index in [-0.39, 0.29) is 31.6 Å². The zero-order valence-electron chi connectivity index (χ0n) is 20.7. The number of hydrogen-bond donors (Lipinski definition) is 1. The Labute approximate surface area is 216 Å². The molecule has 0 unspecified atom stereocenters. The van der Waals surface area contributed by atoms with Gasteiger partial charge in [-0.15, -0.1) is 28.6 Å². The second-order valence-electron chi connectivity index (χ2n) is 9.09. The van der Waals surface area contributed by atoms with E-state index in [0.29, 0.717) is 5.92 Å². The molecule has 0 saturated heterocycles. The third kappa shape index (κ3) is 7.09. The van der Waals surface area contributed by atoms with Gasteiger partial charge in [-0.2, -0.15) is 0 Å². The normalized spacial score (nSPS) is 11.2. The molecule has 1 N–H and O–H groups in total. The zero-order chi connectivity index (χ0) is 24.1. The summed E-state index contributed by atoms with van der Waals surface area (Å²) >= 11 is 0. The van der Waals surface area contributed by atoms with Gasteiger partial charge in [0, 0.05) is 31.6 Å². The van der Waals surface area contributed by atoms with E-state index >= 15 is 0 Å². The molecule has 0 bridgehead atoms. The van der Waals surface area contributed by atoms with Gasteiger partial charge in [-0.1, -0.05) is 74.2 Å². The van der Waals surface area contributed by atoms with Crippen molar-refractivity contribution in [3.05, 3.63) is 89.2 Å². The minimum Gasteiger partial charge on any atom is -0.512 e. The molecule has 4 rings (SSSR count). The van der Waals surface area contributed by atoms with Gasteiger partial charge < -0.3 is 5.11 Å². The predicted octanol–water partition coefficient (Wildman–Crippen LogP) is 7.71. The van der Waals surface area contributed by atoms with Crippen molar-refractivity contribution in [3.8, 4) is 11.3 Å². The van der Waals surface area contributed by atoms with Gasteiger partial charge in [-0.05, 0) is 50.4 Å². The predicted molar refractivity (Wildman–Crippen MR) is 139 cm³/mol. The number of ketones is 1. The topological polar surface area (TPSA) is 50.2 Å². The third-order valence-corrected chi connectivity index (χ3v) is 5.29. The first-order valence-electron chi connectivity index (χ1n) is 11.3. The summed E-state index contributed by atoms with van der Waals surface area (Å²) in [6.07, 6.45) is 2.25. The zero-order valence-corrected chi connectivity index (χ0v) is 23.1. The minimum absolute atomic E-state index is 0. The first-order chi connectivity index (χ1) is 15.6. The van der Waals surface area contributed by atoms with Crippen molar-refractivity contribution in [1.82, 2.24) is 4.98 Å². The summed E-state index contributed by atoms with van der Waals surface area (Å²) in [5.41, 5.74) is 6.96. The van der Waals surface area contributed by atoms with Gasteiger partial charge in [0.05, 0.1) is 11.3 Å². The van der Waals surface area contributed by atoms with Crippen molar-refractivity contribution in [2.45, 2.75) is 48.0 Å². The van der Waals surface area contributed by atoms with Crippen molar-refractivity contribution < 1.29 is 30.0 Å². The summed E-state index contributed by atoms with van der Waals surface area (Å²) in [5, 5.41) is 12.1. The second kappa shape index (κ2) is 12.1. The van der Waals surface area contributed by atoms with Gasteiger partial charge in [0.15, 0.2) is 5.78 Å². The number of aliphatic hydroxyl groups excluding tert-OH is 1. The fourth-order valence-electron chi connectivity index (χ4n) is 4.04. The molecule has 0 fully saturated rings. The van der Waals surface area contributed by atoms with E-state index in [1.54, 1.807) is 0 Å². The van der Waals surface area contributed by atoms with E-state index in [2.05, 4.69) is 88.4 Å². The average molecular weight is 631 g/mol.